The molecule has 3 nitrogen and oxygen atoms in total. The largest absolute Gasteiger partial charge is 0.351 e. The van der Waals surface area contributed by atoms with Crippen LogP contribution in [0.25, 0.3) is 10.9 Å². The van der Waals surface area contributed by atoms with Crippen molar-refractivity contribution in [3.05, 3.63) is 36.0 Å². The molecule has 1 aromatic carbocycles. The lowest BCUT2D eigenvalue weighted by molar-refractivity contribution is 0.142. The molecule has 0 saturated carbocycles. The van der Waals surface area contributed by atoms with Crippen molar-refractivity contribution in [1.29, 1.82) is 0 Å². The van der Waals surface area contributed by atoms with Gasteiger partial charge in [0.2, 0.25) is 0 Å². The lowest BCUT2D eigenvalue weighted by Crippen LogP contribution is -2.42. The van der Waals surface area contributed by atoms with Crippen LogP contribution in [-0.4, -0.2) is 47.1 Å². The summed E-state index contributed by atoms with van der Waals surface area (Å²) in [6.07, 6.45) is 2.15. The molecule has 1 unspecified atom stereocenters. The summed E-state index contributed by atoms with van der Waals surface area (Å²) in [4.78, 5) is 4.86. The summed E-state index contributed by atoms with van der Waals surface area (Å²) in [7, 11) is 6.54. The maximum Gasteiger partial charge on any atom is 0.0481 e. The first-order valence-corrected chi connectivity index (χ1v) is 8.17. The molecule has 1 atom stereocenters. The highest BCUT2D eigenvalue weighted by Gasteiger charge is 2.19. The van der Waals surface area contributed by atoms with Crippen LogP contribution in [0, 0.1) is 0 Å². The van der Waals surface area contributed by atoms with Crippen molar-refractivity contribution in [2.24, 2.45) is 7.05 Å². The Morgan fingerprint density at radius 2 is 1.77 bits per heavy atom. The number of fused-ring (bicyclic) bond motifs is 1. The molecule has 1 aromatic heterocycles. The average molecular weight is 301 g/mol. The van der Waals surface area contributed by atoms with Gasteiger partial charge in [-0.05, 0) is 59.5 Å². The highest BCUT2D eigenvalue weighted by molar-refractivity contribution is 5.84. The van der Waals surface area contributed by atoms with Crippen LogP contribution in [0.5, 0.6) is 0 Å². The molecule has 22 heavy (non-hydrogen) atoms. The van der Waals surface area contributed by atoms with Crippen LogP contribution in [-0.2, 0) is 7.05 Å². The molecule has 1 heterocycles. The van der Waals surface area contributed by atoms with Gasteiger partial charge in [-0.15, -0.1) is 0 Å². The Bertz CT molecular complexity index is 621. The van der Waals surface area contributed by atoms with Gasteiger partial charge in [-0.25, -0.2) is 0 Å². The molecule has 0 aliphatic heterocycles. The van der Waals surface area contributed by atoms with Gasteiger partial charge in [-0.3, -0.25) is 4.90 Å². The Balaban J connectivity index is 2.11. The summed E-state index contributed by atoms with van der Waals surface area (Å²) in [5, 5.41) is 1.37. The van der Waals surface area contributed by atoms with Gasteiger partial charge in [-0.1, -0.05) is 12.1 Å². The molecule has 0 bridgehead atoms. The van der Waals surface area contributed by atoms with E-state index in [0.29, 0.717) is 6.04 Å². The molecule has 2 aromatic rings. The van der Waals surface area contributed by atoms with Crippen LogP contribution in [0.4, 0.5) is 0 Å². The maximum atomic E-state index is 2.45. The minimum atomic E-state index is 0.226. The van der Waals surface area contributed by atoms with Crippen molar-refractivity contribution in [1.82, 2.24) is 14.4 Å². The molecule has 0 N–H and O–H groups in total. The van der Waals surface area contributed by atoms with Gasteiger partial charge in [0.05, 0.1) is 0 Å². The van der Waals surface area contributed by atoms with Gasteiger partial charge >= 0.3 is 0 Å². The molecule has 2 rings (SSSR count). The van der Waals surface area contributed by atoms with Gasteiger partial charge in [0.1, 0.15) is 0 Å². The van der Waals surface area contributed by atoms with Crippen molar-refractivity contribution in [3.8, 4) is 0 Å². The SMILES string of the molecule is CC(c1cccc2c1ccn2C)N(C)CCN(C)C(C)(C)C. The predicted octanol–water partition coefficient (Wildman–Crippen LogP) is 3.90. The number of hydrogen-bond acceptors (Lipinski definition) is 2. The number of aryl methyl sites for hydroxylation is 1. The van der Waals surface area contributed by atoms with Crippen molar-refractivity contribution >= 4 is 10.9 Å². The van der Waals surface area contributed by atoms with Crippen molar-refractivity contribution in [3.63, 3.8) is 0 Å². The van der Waals surface area contributed by atoms with Crippen LogP contribution in [0.15, 0.2) is 30.5 Å². The van der Waals surface area contributed by atoms with E-state index in [1.807, 2.05) is 0 Å². The maximum absolute atomic E-state index is 2.45. The van der Waals surface area contributed by atoms with Crippen LogP contribution >= 0.6 is 0 Å². The molecule has 0 aliphatic rings. The van der Waals surface area contributed by atoms with E-state index in [-0.39, 0.29) is 5.54 Å². The van der Waals surface area contributed by atoms with E-state index in [2.05, 4.69) is 93.7 Å². The zero-order chi connectivity index (χ0) is 16.5. The second-order valence-electron chi connectivity index (χ2n) is 7.46. The minimum Gasteiger partial charge on any atom is -0.351 e. The summed E-state index contributed by atoms with van der Waals surface area (Å²) < 4.78 is 2.19. The topological polar surface area (TPSA) is 11.4 Å². The molecule has 122 valence electrons. The van der Waals surface area contributed by atoms with Crippen LogP contribution in [0.1, 0.15) is 39.3 Å². The van der Waals surface area contributed by atoms with Gasteiger partial charge in [0.15, 0.2) is 0 Å². The Labute approximate surface area is 135 Å². The van der Waals surface area contributed by atoms with Gasteiger partial charge in [-0.2, -0.15) is 0 Å². The van der Waals surface area contributed by atoms with Crippen molar-refractivity contribution in [2.75, 3.05) is 27.2 Å². The second kappa shape index (κ2) is 6.43. The molecule has 3 heteroatoms. The number of rotatable bonds is 5. The monoisotopic (exact) mass is 301 g/mol. The Morgan fingerprint density at radius 3 is 2.41 bits per heavy atom. The molecule has 0 aliphatic carbocycles. The summed E-state index contributed by atoms with van der Waals surface area (Å²) in [6.45, 7) is 11.2. The normalized spacial score (nSPS) is 14.2. The molecule has 0 radical (unpaired) electrons. The number of benzene rings is 1. The van der Waals surface area contributed by atoms with E-state index in [1.54, 1.807) is 0 Å². The average Bonchev–Trinajstić information content (AvgIpc) is 2.84. The fraction of sp³-hybridized carbons (Fsp3) is 0.579. The first-order valence-electron chi connectivity index (χ1n) is 8.17. The number of aromatic nitrogens is 1. The Morgan fingerprint density at radius 1 is 1.09 bits per heavy atom. The smallest absolute Gasteiger partial charge is 0.0481 e. The summed E-state index contributed by atoms with van der Waals surface area (Å²) >= 11 is 0. The van der Waals surface area contributed by atoms with Crippen molar-refractivity contribution < 1.29 is 0 Å². The molecule has 0 fully saturated rings. The highest BCUT2D eigenvalue weighted by Crippen LogP contribution is 2.27. The van der Waals surface area contributed by atoms with E-state index in [4.69, 9.17) is 0 Å². The van der Waals surface area contributed by atoms with E-state index in [9.17, 15) is 0 Å². The molecule has 0 amide bonds. The molecular formula is C19H31N3. The first kappa shape index (κ1) is 17.0. The van der Waals surface area contributed by atoms with Crippen LogP contribution in [0.2, 0.25) is 0 Å². The standard InChI is InChI=1S/C19H31N3/c1-15(20(5)13-14-22(7)19(2,3)4)16-9-8-10-18-17(16)11-12-21(18)6/h8-12,15H,13-14H2,1-7H3. The van der Waals surface area contributed by atoms with E-state index >= 15 is 0 Å². The van der Waals surface area contributed by atoms with Crippen LogP contribution in [0.3, 0.4) is 0 Å². The van der Waals surface area contributed by atoms with Gasteiger partial charge in [0.25, 0.3) is 0 Å². The van der Waals surface area contributed by atoms with Gasteiger partial charge in [0, 0.05) is 48.8 Å². The van der Waals surface area contributed by atoms with Gasteiger partial charge < -0.3 is 9.47 Å². The van der Waals surface area contributed by atoms with Crippen molar-refractivity contribution in [2.45, 2.75) is 39.3 Å². The summed E-state index contributed by atoms with van der Waals surface area (Å²) in [6, 6.07) is 9.27. The number of likely N-dealkylation sites (N-methyl/N-ethyl adjacent to an activating group) is 2. The zero-order valence-electron chi connectivity index (χ0n) is 15.2. The van der Waals surface area contributed by atoms with E-state index < -0.39 is 0 Å². The highest BCUT2D eigenvalue weighted by atomic mass is 15.2. The van der Waals surface area contributed by atoms with E-state index in [0.717, 1.165) is 13.1 Å². The Kier molecular flexibility index (Phi) is 4.98. The molecular weight excluding hydrogens is 270 g/mol. The number of nitrogens with zero attached hydrogens (tertiary/aromatic N) is 3. The lowest BCUT2D eigenvalue weighted by Gasteiger charge is -2.34. The number of hydrogen-bond donors (Lipinski definition) is 0. The first-order chi connectivity index (χ1) is 10.2. The third-order valence-corrected chi connectivity index (χ3v) is 5.01. The second-order valence-corrected chi connectivity index (χ2v) is 7.46. The summed E-state index contributed by atoms with van der Waals surface area (Å²) in [5.41, 5.74) is 2.95. The fourth-order valence-corrected chi connectivity index (χ4v) is 2.76. The Hall–Kier alpha value is -1.32. The third-order valence-electron chi connectivity index (χ3n) is 5.01. The van der Waals surface area contributed by atoms with Crippen LogP contribution < -0.4 is 0 Å². The van der Waals surface area contributed by atoms with E-state index in [1.165, 1.54) is 16.5 Å². The lowest BCUT2D eigenvalue weighted by atomic mass is 10.0. The molecule has 0 spiro atoms. The third kappa shape index (κ3) is 3.53. The fourth-order valence-electron chi connectivity index (χ4n) is 2.76. The predicted molar refractivity (Wildman–Crippen MR) is 96.3 cm³/mol. The minimum absolute atomic E-state index is 0.226. The zero-order valence-corrected chi connectivity index (χ0v) is 15.2. The molecule has 0 saturated heterocycles. The quantitative estimate of drug-likeness (QED) is 0.830. The summed E-state index contributed by atoms with van der Waals surface area (Å²) in [5.74, 6) is 0.